The smallest absolute Gasteiger partial charge is 0.253 e. The molecule has 0 bridgehead atoms. The fourth-order valence-corrected chi connectivity index (χ4v) is 3.10. The second-order valence-corrected chi connectivity index (χ2v) is 7.25. The molecule has 140 valence electrons. The minimum absolute atomic E-state index is 0.145. The second-order valence-electron chi connectivity index (χ2n) is 7.25. The molecular formula is C21H32FNO2. The van der Waals surface area contributed by atoms with E-state index in [1.165, 1.54) is 12.1 Å². The summed E-state index contributed by atoms with van der Waals surface area (Å²) < 4.78 is 13.0. The number of carbonyl (C=O) groups excluding carboxylic acids is 1. The van der Waals surface area contributed by atoms with Crippen molar-refractivity contribution in [2.75, 3.05) is 6.54 Å². The van der Waals surface area contributed by atoms with Gasteiger partial charge in [0.2, 0.25) is 0 Å². The summed E-state index contributed by atoms with van der Waals surface area (Å²) in [5.74, 6) is 0.338. The van der Waals surface area contributed by atoms with Crippen LogP contribution in [0.2, 0.25) is 0 Å². The topological polar surface area (TPSA) is 40.5 Å². The summed E-state index contributed by atoms with van der Waals surface area (Å²) in [5, 5.41) is 10.5. The van der Waals surface area contributed by atoms with Crippen LogP contribution in [0.5, 0.6) is 0 Å². The lowest BCUT2D eigenvalue weighted by molar-refractivity contribution is -0.131. The van der Waals surface area contributed by atoms with E-state index in [-0.39, 0.29) is 17.5 Å². The fraction of sp³-hybridized carbons (Fsp3) is 0.571. The molecular weight excluding hydrogens is 317 g/mol. The number of rotatable bonds is 5. The summed E-state index contributed by atoms with van der Waals surface area (Å²) in [5.41, 5.74) is 0.896. The molecule has 2 rings (SSSR count). The first kappa shape index (κ1) is 21.2. The molecule has 0 saturated heterocycles. The van der Waals surface area contributed by atoms with E-state index in [2.05, 4.69) is 13.8 Å². The molecule has 0 radical (unpaired) electrons. The van der Waals surface area contributed by atoms with E-state index in [0.717, 1.165) is 18.4 Å². The van der Waals surface area contributed by atoms with Crippen LogP contribution < -0.4 is 0 Å². The van der Waals surface area contributed by atoms with E-state index >= 15 is 0 Å². The van der Waals surface area contributed by atoms with Gasteiger partial charge < -0.3 is 10.0 Å². The summed E-state index contributed by atoms with van der Waals surface area (Å²) in [6, 6.07) is 6.20. The second kappa shape index (κ2) is 9.02. The van der Waals surface area contributed by atoms with Gasteiger partial charge in [0, 0.05) is 18.5 Å². The molecule has 25 heavy (non-hydrogen) atoms. The van der Waals surface area contributed by atoms with Crippen molar-refractivity contribution in [1.29, 1.82) is 0 Å². The van der Waals surface area contributed by atoms with Gasteiger partial charge in [-0.1, -0.05) is 46.8 Å². The molecule has 1 aromatic carbocycles. The lowest BCUT2D eigenvalue weighted by Crippen LogP contribution is -2.46. The average Bonchev–Trinajstić information content (AvgIpc) is 2.60. The number of hydrogen-bond acceptors (Lipinski definition) is 2. The Bertz CT molecular complexity index is 607. The molecule has 4 heteroatoms. The molecule has 0 aliphatic carbocycles. The third kappa shape index (κ3) is 5.32. The maximum atomic E-state index is 13.0. The largest absolute Gasteiger partial charge is 0.511 e. The zero-order valence-corrected chi connectivity index (χ0v) is 16.4. The fourth-order valence-electron chi connectivity index (χ4n) is 3.10. The molecule has 1 heterocycles. The predicted molar refractivity (Wildman–Crippen MR) is 101 cm³/mol. The molecule has 3 nitrogen and oxygen atoms in total. The quantitative estimate of drug-likeness (QED) is 0.766. The number of hydrogen-bond donors (Lipinski definition) is 1. The average molecular weight is 349 g/mol. The summed E-state index contributed by atoms with van der Waals surface area (Å²) in [7, 11) is 0. The van der Waals surface area contributed by atoms with Crippen LogP contribution in [0, 0.1) is 17.2 Å². The zero-order chi connectivity index (χ0) is 19.2. The molecule has 1 aliphatic heterocycles. The van der Waals surface area contributed by atoms with Crippen molar-refractivity contribution >= 4 is 5.91 Å². The van der Waals surface area contributed by atoms with E-state index in [0.29, 0.717) is 24.6 Å². The number of aliphatic hydroxyl groups excluding tert-OH is 1. The maximum Gasteiger partial charge on any atom is 0.253 e. The first-order valence-corrected chi connectivity index (χ1v) is 9.17. The molecule has 1 N–H and O–H groups in total. The monoisotopic (exact) mass is 349 g/mol. The Balaban J connectivity index is 0.00000151. The Hall–Kier alpha value is -1.84. The molecule has 1 aromatic rings. The predicted octanol–water partition coefficient (Wildman–Crippen LogP) is 5.47. The Morgan fingerprint density at radius 1 is 1.24 bits per heavy atom. The number of aliphatic hydroxyl groups is 1. The number of benzene rings is 1. The summed E-state index contributed by atoms with van der Waals surface area (Å²) >= 11 is 0. The van der Waals surface area contributed by atoms with Gasteiger partial charge in [-0.15, -0.1) is 0 Å². The highest BCUT2D eigenvalue weighted by molar-refractivity contribution is 5.94. The van der Waals surface area contributed by atoms with Gasteiger partial charge in [-0.05, 0) is 43.4 Å². The summed E-state index contributed by atoms with van der Waals surface area (Å²) in [6.45, 7) is 12.9. The van der Waals surface area contributed by atoms with E-state index in [9.17, 15) is 14.3 Å². The van der Waals surface area contributed by atoms with E-state index in [1.54, 1.807) is 24.0 Å². The highest BCUT2D eigenvalue weighted by Gasteiger charge is 2.40. The Morgan fingerprint density at radius 2 is 1.80 bits per heavy atom. The normalized spacial score (nSPS) is 20.6. The minimum atomic E-state index is -0.414. The van der Waals surface area contributed by atoms with E-state index in [1.807, 2.05) is 20.8 Å². The van der Waals surface area contributed by atoms with Crippen LogP contribution in [-0.4, -0.2) is 22.5 Å². The highest BCUT2D eigenvalue weighted by atomic mass is 19.1. The third-order valence-corrected chi connectivity index (χ3v) is 4.63. The first-order chi connectivity index (χ1) is 11.7. The molecule has 1 aliphatic rings. The van der Waals surface area contributed by atoms with Crippen LogP contribution in [0.25, 0.3) is 0 Å². The van der Waals surface area contributed by atoms with Gasteiger partial charge in [0.15, 0.2) is 0 Å². The number of carbonyl (C=O) groups is 1. The molecule has 1 amide bonds. The van der Waals surface area contributed by atoms with Crippen molar-refractivity contribution in [3.63, 3.8) is 0 Å². The van der Waals surface area contributed by atoms with Crippen LogP contribution in [0.15, 0.2) is 35.6 Å². The molecule has 0 spiro atoms. The van der Waals surface area contributed by atoms with E-state index in [4.69, 9.17) is 0 Å². The van der Waals surface area contributed by atoms with Gasteiger partial charge >= 0.3 is 0 Å². The van der Waals surface area contributed by atoms with E-state index < -0.39 is 5.41 Å². The van der Waals surface area contributed by atoms with Crippen LogP contribution >= 0.6 is 0 Å². The zero-order valence-electron chi connectivity index (χ0n) is 16.4. The van der Waals surface area contributed by atoms with Gasteiger partial charge in [0.05, 0.1) is 5.57 Å². The first-order valence-electron chi connectivity index (χ1n) is 9.17. The van der Waals surface area contributed by atoms with Crippen molar-refractivity contribution in [2.45, 2.75) is 60.9 Å². The molecule has 1 unspecified atom stereocenters. The van der Waals surface area contributed by atoms with Crippen LogP contribution in [0.1, 0.15) is 59.9 Å². The van der Waals surface area contributed by atoms with Gasteiger partial charge in [-0.2, -0.15) is 0 Å². The SMILES string of the molecule is CC.CC1=C(O)C(C)(CCC(C)C)CN(Cc2ccc(F)cc2)C1=O. The molecule has 0 saturated carbocycles. The lowest BCUT2D eigenvalue weighted by Gasteiger charge is -2.40. The van der Waals surface area contributed by atoms with Crippen LogP contribution in [0.3, 0.4) is 0 Å². The van der Waals surface area contributed by atoms with Crippen molar-refractivity contribution in [2.24, 2.45) is 11.3 Å². The Kier molecular flexibility index (Phi) is 7.65. The van der Waals surface area contributed by atoms with Gasteiger partial charge in [0.1, 0.15) is 11.6 Å². The maximum absolute atomic E-state index is 13.0. The van der Waals surface area contributed by atoms with Crippen molar-refractivity contribution in [3.8, 4) is 0 Å². The van der Waals surface area contributed by atoms with Crippen molar-refractivity contribution < 1.29 is 14.3 Å². The number of halogens is 1. The Morgan fingerprint density at radius 3 is 2.32 bits per heavy atom. The molecule has 1 atom stereocenters. The summed E-state index contributed by atoms with van der Waals surface area (Å²) in [4.78, 5) is 14.2. The lowest BCUT2D eigenvalue weighted by atomic mass is 9.77. The number of nitrogens with zero attached hydrogens (tertiary/aromatic N) is 1. The Labute approximate surface area is 151 Å². The van der Waals surface area contributed by atoms with Crippen LogP contribution in [-0.2, 0) is 11.3 Å². The van der Waals surface area contributed by atoms with Crippen LogP contribution in [0.4, 0.5) is 4.39 Å². The molecule has 0 aromatic heterocycles. The van der Waals surface area contributed by atoms with Gasteiger partial charge in [-0.3, -0.25) is 4.79 Å². The highest BCUT2D eigenvalue weighted by Crippen LogP contribution is 2.39. The summed E-state index contributed by atoms with van der Waals surface area (Å²) in [6.07, 6.45) is 1.83. The third-order valence-electron chi connectivity index (χ3n) is 4.63. The van der Waals surface area contributed by atoms with Crippen molar-refractivity contribution in [3.05, 3.63) is 47.0 Å². The standard InChI is InChI=1S/C19H26FNO2.C2H6/c1-13(2)9-10-19(4)12-21(18(23)14(3)17(19)22)11-15-5-7-16(20)8-6-15;1-2/h5-8,13,22H,9-12H2,1-4H3;1-2H3. The van der Waals surface area contributed by atoms with Crippen molar-refractivity contribution in [1.82, 2.24) is 4.90 Å². The van der Waals surface area contributed by atoms with Gasteiger partial charge in [0.25, 0.3) is 5.91 Å². The minimum Gasteiger partial charge on any atom is -0.511 e. The van der Waals surface area contributed by atoms with Gasteiger partial charge in [-0.25, -0.2) is 4.39 Å². The number of amides is 1. The molecule has 0 fully saturated rings.